The van der Waals surface area contributed by atoms with Crippen LogP contribution in [0.15, 0.2) is 28.9 Å². The Hall–Kier alpha value is -1.84. The summed E-state index contributed by atoms with van der Waals surface area (Å²) in [6.45, 7) is 0. The van der Waals surface area contributed by atoms with Crippen LogP contribution in [0.2, 0.25) is 0 Å². The average molecular weight is 163 g/mol. The number of pyridine rings is 1. The lowest BCUT2D eigenvalue weighted by molar-refractivity contribution is 0.0691. The molecule has 0 amide bonds. The molecule has 0 atom stereocenters. The van der Waals surface area contributed by atoms with Gasteiger partial charge in [0.05, 0.1) is 6.26 Å². The van der Waals surface area contributed by atoms with Crippen molar-refractivity contribution in [3.8, 4) is 0 Å². The molecule has 4 heteroatoms. The van der Waals surface area contributed by atoms with Gasteiger partial charge in [-0.05, 0) is 12.1 Å². The summed E-state index contributed by atoms with van der Waals surface area (Å²) in [7, 11) is 0. The van der Waals surface area contributed by atoms with Crippen LogP contribution >= 0.6 is 0 Å². The van der Waals surface area contributed by atoms with Crippen molar-refractivity contribution in [1.29, 1.82) is 0 Å². The number of fused-ring (bicyclic) bond motifs is 1. The molecule has 2 rings (SSSR count). The number of aromatic nitrogens is 1. The standard InChI is InChI=1S/C8H5NO3/c10-8(11)6-1-2-7-5(9-6)3-4-12-7/h1-4H,(H,10,11). The van der Waals surface area contributed by atoms with Gasteiger partial charge in [-0.2, -0.15) is 0 Å². The molecule has 0 saturated heterocycles. The van der Waals surface area contributed by atoms with Crippen LogP contribution in [-0.2, 0) is 0 Å². The zero-order valence-corrected chi connectivity index (χ0v) is 6.02. The van der Waals surface area contributed by atoms with E-state index in [0.29, 0.717) is 11.1 Å². The largest absolute Gasteiger partial charge is 0.477 e. The highest BCUT2D eigenvalue weighted by Crippen LogP contribution is 2.12. The molecule has 4 nitrogen and oxygen atoms in total. The van der Waals surface area contributed by atoms with Crippen LogP contribution in [-0.4, -0.2) is 16.1 Å². The predicted octanol–water partition coefficient (Wildman–Crippen LogP) is 1.53. The van der Waals surface area contributed by atoms with E-state index in [0.717, 1.165) is 0 Å². The molecule has 2 aromatic rings. The van der Waals surface area contributed by atoms with E-state index in [1.807, 2.05) is 0 Å². The molecule has 1 N–H and O–H groups in total. The number of carbonyl (C=O) groups is 1. The molecule has 0 aromatic carbocycles. The number of rotatable bonds is 1. The molecule has 0 radical (unpaired) electrons. The van der Waals surface area contributed by atoms with Crippen LogP contribution in [0.3, 0.4) is 0 Å². The van der Waals surface area contributed by atoms with Crippen molar-refractivity contribution >= 4 is 17.1 Å². The topological polar surface area (TPSA) is 63.3 Å². The third kappa shape index (κ3) is 0.934. The van der Waals surface area contributed by atoms with E-state index in [-0.39, 0.29) is 5.69 Å². The Morgan fingerprint density at radius 3 is 3.00 bits per heavy atom. The Kier molecular flexibility index (Phi) is 1.33. The molecule has 2 heterocycles. The van der Waals surface area contributed by atoms with E-state index in [1.54, 1.807) is 12.1 Å². The van der Waals surface area contributed by atoms with Crippen molar-refractivity contribution in [3.05, 3.63) is 30.2 Å². The summed E-state index contributed by atoms with van der Waals surface area (Å²) in [5.41, 5.74) is 1.19. The van der Waals surface area contributed by atoms with Crippen molar-refractivity contribution in [2.24, 2.45) is 0 Å². The zero-order chi connectivity index (χ0) is 8.55. The number of hydrogen-bond donors (Lipinski definition) is 1. The van der Waals surface area contributed by atoms with Crippen LogP contribution in [0.5, 0.6) is 0 Å². The molecule has 2 aromatic heterocycles. The van der Waals surface area contributed by atoms with Gasteiger partial charge in [0.2, 0.25) is 0 Å². The second-order valence-corrected chi connectivity index (χ2v) is 2.31. The number of furan rings is 1. The first-order chi connectivity index (χ1) is 5.77. The Morgan fingerprint density at radius 1 is 1.42 bits per heavy atom. The van der Waals surface area contributed by atoms with Gasteiger partial charge >= 0.3 is 5.97 Å². The third-order valence-corrected chi connectivity index (χ3v) is 1.53. The van der Waals surface area contributed by atoms with Crippen molar-refractivity contribution in [3.63, 3.8) is 0 Å². The molecule has 0 aliphatic rings. The van der Waals surface area contributed by atoms with Crippen LogP contribution in [0.25, 0.3) is 11.1 Å². The van der Waals surface area contributed by atoms with E-state index in [4.69, 9.17) is 9.52 Å². The minimum Gasteiger partial charge on any atom is -0.477 e. The van der Waals surface area contributed by atoms with Gasteiger partial charge in [-0.25, -0.2) is 9.78 Å². The number of carboxylic acids is 1. The molecule has 0 saturated carbocycles. The number of nitrogens with zero attached hydrogens (tertiary/aromatic N) is 1. The van der Waals surface area contributed by atoms with Gasteiger partial charge in [-0.3, -0.25) is 0 Å². The van der Waals surface area contributed by atoms with Crippen molar-refractivity contribution in [2.75, 3.05) is 0 Å². The molecule has 0 unspecified atom stereocenters. The third-order valence-electron chi connectivity index (χ3n) is 1.53. The first-order valence-corrected chi connectivity index (χ1v) is 3.35. The lowest BCUT2D eigenvalue weighted by Crippen LogP contribution is -1.98. The molecule has 12 heavy (non-hydrogen) atoms. The highest BCUT2D eigenvalue weighted by Gasteiger charge is 2.05. The van der Waals surface area contributed by atoms with Gasteiger partial charge in [0.25, 0.3) is 0 Å². The summed E-state index contributed by atoms with van der Waals surface area (Å²) in [5.74, 6) is -1.03. The second-order valence-electron chi connectivity index (χ2n) is 2.31. The first kappa shape index (κ1) is 6.84. The predicted molar refractivity (Wildman–Crippen MR) is 41.0 cm³/mol. The smallest absolute Gasteiger partial charge is 0.354 e. The fraction of sp³-hybridized carbons (Fsp3) is 0. The van der Waals surface area contributed by atoms with Crippen LogP contribution in [0.1, 0.15) is 10.5 Å². The summed E-state index contributed by atoms with van der Waals surface area (Å²) in [4.78, 5) is 14.3. The quantitative estimate of drug-likeness (QED) is 0.692. The van der Waals surface area contributed by atoms with Crippen molar-refractivity contribution in [1.82, 2.24) is 4.98 Å². The fourth-order valence-electron chi connectivity index (χ4n) is 0.972. The summed E-state index contributed by atoms with van der Waals surface area (Å²) in [6, 6.07) is 4.63. The van der Waals surface area contributed by atoms with Gasteiger partial charge in [0.15, 0.2) is 5.58 Å². The monoisotopic (exact) mass is 163 g/mol. The van der Waals surface area contributed by atoms with E-state index in [1.165, 1.54) is 12.3 Å². The van der Waals surface area contributed by atoms with Crippen LogP contribution in [0, 0.1) is 0 Å². The zero-order valence-electron chi connectivity index (χ0n) is 6.02. The molecular formula is C8H5NO3. The molecule has 0 spiro atoms. The molecule has 0 fully saturated rings. The van der Waals surface area contributed by atoms with Crippen molar-refractivity contribution in [2.45, 2.75) is 0 Å². The minimum atomic E-state index is -1.03. The fourth-order valence-corrected chi connectivity index (χ4v) is 0.972. The highest BCUT2D eigenvalue weighted by molar-refractivity contribution is 5.88. The maximum absolute atomic E-state index is 10.5. The summed E-state index contributed by atoms with van der Waals surface area (Å²) >= 11 is 0. The van der Waals surface area contributed by atoms with Crippen LogP contribution in [0.4, 0.5) is 0 Å². The van der Waals surface area contributed by atoms with Gasteiger partial charge in [-0.1, -0.05) is 0 Å². The van der Waals surface area contributed by atoms with E-state index >= 15 is 0 Å². The van der Waals surface area contributed by atoms with Gasteiger partial charge in [0.1, 0.15) is 11.2 Å². The molecule has 60 valence electrons. The Labute approximate surface area is 67.4 Å². The first-order valence-electron chi connectivity index (χ1n) is 3.35. The maximum Gasteiger partial charge on any atom is 0.354 e. The molecular weight excluding hydrogens is 158 g/mol. The second kappa shape index (κ2) is 2.34. The summed E-state index contributed by atoms with van der Waals surface area (Å²) < 4.78 is 5.00. The highest BCUT2D eigenvalue weighted by atomic mass is 16.4. The van der Waals surface area contributed by atoms with Crippen LogP contribution < -0.4 is 0 Å². The Bertz CT molecular complexity index is 433. The molecule has 0 aliphatic heterocycles. The molecule has 0 bridgehead atoms. The number of carboxylic acid groups (broad SMARTS) is 1. The Balaban J connectivity index is 2.68. The minimum absolute atomic E-state index is 0.0314. The maximum atomic E-state index is 10.5. The summed E-state index contributed by atoms with van der Waals surface area (Å²) in [6.07, 6.45) is 1.48. The summed E-state index contributed by atoms with van der Waals surface area (Å²) in [5, 5.41) is 8.59. The average Bonchev–Trinajstić information content (AvgIpc) is 2.49. The van der Waals surface area contributed by atoms with Gasteiger partial charge in [-0.15, -0.1) is 0 Å². The van der Waals surface area contributed by atoms with E-state index in [2.05, 4.69) is 4.98 Å². The van der Waals surface area contributed by atoms with Gasteiger partial charge < -0.3 is 9.52 Å². The number of hydrogen-bond acceptors (Lipinski definition) is 3. The lowest BCUT2D eigenvalue weighted by atomic mass is 10.3. The van der Waals surface area contributed by atoms with Gasteiger partial charge in [0, 0.05) is 6.07 Å². The normalized spacial score (nSPS) is 10.3. The Morgan fingerprint density at radius 2 is 2.25 bits per heavy atom. The van der Waals surface area contributed by atoms with E-state index in [9.17, 15) is 4.79 Å². The molecule has 0 aliphatic carbocycles. The SMILES string of the molecule is O=C(O)c1ccc2occc2n1. The van der Waals surface area contributed by atoms with Crippen molar-refractivity contribution < 1.29 is 14.3 Å². The lowest BCUT2D eigenvalue weighted by Gasteiger charge is -1.91. The number of aromatic carboxylic acids is 1. The van der Waals surface area contributed by atoms with E-state index < -0.39 is 5.97 Å².